The Morgan fingerprint density at radius 2 is 1.60 bits per heavy atom. The number of hydrogen-bond donors (Lipinski definition) is 4. The van der Waals surface area contributed by atoms with Crippen molar-refractivity contribution in [1.82, 2.24) is 20.4 Å². The van der Waals surface area contributed by atoms with Gasteiger partial charge in [0.2, 0.25) is 23.6 Å². The minimum absolute atomic E-state index is 0.0791. The molecule has 2 aliphatic heterocycles. The Balaban J connectivity index is 1.23. The third-order valence-electron chi connectivity index (χ3n) is 11.4. The average Bonchev–Trinajstić information content (AvgIpc) is 3.32. The Morgan fingerprint density at radius 3 is 2.18 bits per heavy atom. The lowest BCUT2D eigenvalue weighted by Crippen LogP contribution is -2.65. The van der Waals surface area contributed by atoms with Crippen LogP contribution < -0.4 is 16.4 Å². The van der Waals surface area contributed by atoms with Crippen molar-refractivity contribution < 1.29 is 33.8 Å². The zero-order chi connectivity index (χ0) is 32.6. The highest BCUT2D eigenvalue weighted by atomic mass is 16.6. The van der Waals surface area contributed by atoms with Crippen LogP contribution in [0, 0.1) is 41.4 Å². The first kappa shape index (κ1) is 32.1. The Labute approximate surface area is 265 Å². The highest BCUT2D eigenvalue weighted by molar-refractivity contribution is 5.96. The van der Waals surface area contributed by atoms with Gasteiger partial charge < -0.3 is 36.0 Å². The molecule has 250 valence electrons. The first-order chi connectivity index (χ1) is 21.0. The SMILES string of the molecule is CC(C)C(NC(=O)OC(C)(C)C)C(=O)N1CCCC1C(=O)NC(C(=O)N1CC2CC2C1C(N)=O)C1C2CC3CC1CC(O)(C3)C2. The quantitative estimate of drug-likeness (QED) is 0.315. The van der Waals surface area contributed by atoms with Crippen LogP contribution in [0.5, 0.6) is 0 Å². The Hall–Kier alpha value is -2.89. The molecule has 7 rings (SSSR count). The molecule has 8 atom stereocenters. The number of nitrogens with one attached hydrogen (secondary N) is 2. The molecule has 5 N–H and O–H groups in total. The van der Waals surface area contributed by atoms with Crippen molar-refractivity contribution in [2.45, 2.75) is 121 Å². The molecule has 12 heteroatoms. The van der Waals surface area contributed by atoms with Gasteiger partial charge in [-0.05, 0) is 114 Å². The maximum Gasteiger partial charge on any atom is 0.408 e. The first-order valence-electron chi connectivity index (χ1n) is 17.0. The predicted octanol–water partition coefficient (Wildman–Crippen LogP) is 1.53. The molecule has 5 saturated carbocycles. The monoisotopic (exact) mass is 629 g/mol. The van der Waals surface area contributed by atoms with Crippen LogP contribution >= 0.6 is 0 Å². The number of alkyl carbamates (subject to hydrolysis) is 1. The van der Waals surface area contributed by atoms with Gasteiger partial charge in [-0.2, -0.15) is 0 Å². The third-order valence-corrected chi connectivity index (χ3v) is 11.4. The zero-order valence-corrected chi connectivity index (χ0v) is 27.3. The van der Waals surface area contributed by atoms with E-state index in [1.165, 1.54) is 4.90 Å². The summed E-state index contributed by atoms with van der Waals surface area (Å²) in [5.41, 5.74) is 4.35. The lowest BCUT2D eigenvalue weighted by molar-refractivity contribution is -0.169. The molecule has 4 bridgehead atoms. The summed E-state index contributed by atoms with van der Waals surface area (Å²) in [4.78, 5) is 70.6. The Morgan fingerprint density at radius 1 is 0.933 bits per heavy atom. The normalized spacial score (nSPS) is 37.7. The molecular weight excluding hydrogens is 578 g/mol. The second kappa shape index (κ2) is 11.4. The molecule has 0 aromatic heterocycles. The van der Waals surface area contributed by atoms with Gasteiger partial charge in [-0.3, -0.25) is 19.2 Å². The number of nitrogens with zero attached hydrogens (tertiary/aromatic N) is 2. The Bertz CT molecular complexity index is 1230. The minimum Gasteiger partial charge on any atom is -0.444 e. The molecule has 45 heavy (non-hydrogen) atoms. The van der Waals surface area contributed by atoms with Crippen LogP contribution in [0.2, 0.25) is 0 Å². The summed E-state index contributed by atoms with van der Waals surface area (Å²) in [7, 11) is 0. The number of rotatable bonds is 8. The van der Waals surface area contributed by atoms with Crippen molar-refractivity contribution >= 4 is 29.7 Å². The van der Waals surface area contributed by atoms with Crippen molar-refractivity contribution in [3.63, 3.8) is 0 Å². The van der Waals surface area contributed by atoms with Crippen LogP contribution in [0.3, 0.4) is 0 Å². The predicted molar refractivity (Wildman–Crippen MR) is 163 cm³/mol. The lowest BCUT2D eigenvalue weighted by Gasteiger charge is -2.59. The molecule has 0 spiro atoms. The topological polar surface area (TPSA) is 171 Å². The number of piperidine rings is 1. The van der Waals surface area contributed by atoms with Crippen LogP contribution in [0.15, 0.2) is 0 Å². The van der Waals surface area contributed by atoms with Crippen molar-refractivity contribution in [2.75, 3.05) is 13.1 Å². The van der Waals surface area contributed by atoms with Crippen LogP contribution in [0.1, 0.15) is 86.0 Å². The van der Waals surface area contributed by atoms with Gasteiger partial charge in [-0.15, -0.1) is 0 Å². The van der Waals surface area contributed by atoms with Crippen LogP contribution in [0.25, 0.3) is 0 Å². The van der Waals surface area contributed by atoms with Gasteiger partial charge in [0, 0.05) is 13.1 Å². The van der Waals surface area contributed by atoms with Gasteiger partial charge in [-0.25, -0.2) is 4.79 Å². The van der Waals surface area contributed by atoms with E-state index in [0.717, 1.165) is 25.7 Å². The zero-order valence-electron chi connectivity index (χ0n) is 27.3. The van der Waals surface area contributed by atoms with Crippen LogP contribution in [-0.4, -0.2) is 93.1 Å². The van der Waals surface area contributed by atoms with Gasteiger partial charge in [-0.1, -0.05) is 13.8 Å². The molecule has 7 fully saturated rings. The molecule has 5 amide bonds. The van der Waals surface area contributed by atoms with Gasteiger partial charge >= 0.3 is 6.09 Å². The van der Waals surface area contributed by atoms with Gasteiger partial charge in [0.1, 0.15) is 29.8 Å². The van der Waals surface area contributed by atoms with Crippen molar-refractivity contribution in [3.8, 4) is 0 Å². The van der Waals surface area contributed by atoms with E-state index in [0.29, 0.717) is 44.7 Å². The highest BCUT2D eigenvalue weighted by Crippen LogP contribution is 2.59. The molecule has 2 heterocycles. The number of amides is 5. The molecule has 7 aliphatic rings. The maximum absolute atomic E-state index is 14.4. The third kappa shape index (κ3) is 6.15. The Kier molecular flexibility index (Phi) is 8.14. The smallest absolute Gasteiger partial charge is 0.408 e. The van der Waals surface area contributed by atoms with Crippen molar-refractivity contribution in [2.24, 2.45) is 47.2 Å². The molecule has 0 aromatic carbocycles. The van der Waals surface area contributed by atoms with E-state index >= 15 is 0 Å². The van der Waals surface area contributed by atoms with E-state index in [2.05, 4.69) is 10.6 Å². The van der Waals surface area contributed by atoms with E-state index in [1.54, 1.807) is 25.7 Å². The van der Waals surface area contributed by atoms with Crippen molar-refractivity contribution in [1.29, 1.82) is 0 Å². The number of likely N-dealkylation sites (tertiary alicyclic amines) is 2. The number of nitrogens with two attached hydrogens (primary N) is 1. The fourth-order valence-electron chi connectivity index (χ4n) is 9.80. The number of aliphatic hydroxyl groups is 1. The van der Waals surface area contributed by atoms with Gasteiger partial charge in [0.05, 0.1) is 5.60 Å². The number of ether oxygens (including phenoxy) is 1. The summed E-state index contributed by atoms with van der Waals surface area (Å²) in [6.07, 6.45) is 5.06. The fraction of sp³-hybridized carbons (Fsp3) is 0.848. The summed E-state index contributed by atoms with van der Waals surface area (Å²) < 4.78 is 5.40. The molecule has 0 aromatic rings. The molecular formula is C33H51N5O7. The number of primary amides is 1. The molecule has 2 saturated heterocycles. The van der Waals surface area contributed by atoms with Crippen molar-refractivity contribution in [3.05, 3.63) is 0 Å². The lowest BCUT2D eigenvalue weighted by atomic mass is 9.49. The maximum atomic E-state index is 14.4. The largest absolute Gasteiger partial charge is 0.444 e. The van der Waals surface area contributed by atoms with E-state index in [4.69, 9.17) is 10.5 Å². The van der Waals surface area contributed by atoms with E-state index < -0.39 is 53.3 Å². The van der Waals surface area contributed by atoms with Crippen LogP contribution in [-0.2, 0) is 23.9 Å². The molecule has 5 aliphatic carbocycles. The summed E-state index contributed by atoms with van der Waals surface area (Å²) in [6, 6.07) is -3.22. The standard InChI is InChI=1S/C33H51N5O7/c1-16(2)24(36-31(43)45-32(3,4)5)29(41)37-8-6-7-22(37)28(40)35-25(30(42)38-15-20-11-21(20)26(38)27(34)39)23-18-9-17-10-19(23)14-33(44,12-17)13-18/h16-26,44H,6-15H2,1-5H3,(H2,34,39)(H,35,40)(H,36,43). The number of fused-ring (bicyclic) bond motifs is 1. The second-order valence-corrected chi connectivity index (χ2v) is 16.3. The summed E-state index contributed by atoms with van der Waals surface area (Å²) in [6.45, 7) is 9.72. The summed E-state index contributed by atoms with van der Waals surface area (Å²) in [5, 5.41) is 17.1. The van der Waals surface area contributed by atoms with Gasteiger partial charge in [0.15, 0.2) is 0 Å². The second-order valence-electron chi connectivity index (χ2n) is 16.3. The van der Waals surface area contributed by atoms with E-state index in [1.807, 2.05) is 13.8 Å². The summed E-state index contributed by atoms with van der Waals surface area (Å²) in [5.74, 6) is -1.02. The van der Waals surface area contributed by atoms with Gasteiger partial charge in [0.25, 0.3) is 0 Å². The molecule has 0 radical (unpaired) electrons. The average molecular weight is 630 g/mol. The first-order valence-corrected chi connectivity index (χ1v) is 17.0. The fourth-order valence-corrected chi connectivity index (χ4v) is 9.80. The molecule has 12 nitrogen and oxygen atoms in total. The highest BCUT2D eigenvalue weighted by Gasteiger charge is 2.61. The van der Waals surface area contributed by atoms with Crippen LogP contribution in [0.4, 0.5) is 4.79 Å². The van der Waals surface area contributed by atoms with E-state index in [9.17, 15) is 29.1 Å². The summed E-state index contributed by atoms with van der Waals surface area (Å²) >= 11 is 0. The number of carbonyl (C=O) groups is 5. The minimum atomic E-state index is -0.886. The van der Waals surface area contributed by atoms with E-state index in [-0.39, 0.29) is 47.3 Å². The number of carbonyl (C=O) groups excluding carboxylic acids is 5. The number of hydrogen-bond acceptors (Lipinski definition) is 7. The molecule has 8 unspecified atom stereocenters.